The van der Waals surface area contributed by atoms with Crippen LogP contribution in [0.5, 0.6) is 5.75 Å². The van der Waals surface area contributed by atoms with Crippen LogP contribution in [-0.2, 0) is 0 Å². The van der Waals surface area contributed by atoms with Gasteiger partial charge in [-0.05, 0) is 12.1 Å². The third-order valence-electron chi connectivity index (χ3n) is 2.03. The predicted molar refractivity (Wildman–Crippen MR) is 70.4 cm³/mol. The summed E-state index contributed by atoms with van der Waals surface area (Å²) in [4.78, 5) is 8.05. The van der Waals surface area contributed by atoms with Crippen molar-refractivity contribution < 1.29 is 4.74 Å². The van der Waals surface area contributed by atoms with Crippen LogP contribution < -0.4 is 15.8 Å². The van der Waals surface area contributed by atoms with Crippen molar-refractivity contribution in [1.82, 2.24) is 9.97 Å². The molecule has 0 atom stereocenters. The average Bonchev–Trinajstić information content (AvgIpc) is 2.28. The van der Waals surface area contributed by atoms with Crippen molar-refractivity contribution >= 4 is 33.3 Å². The third kappa shape index (κ3) is 3.07. The fraction of sp³-hybridized carbons (Fsp3) is 0.0909. The van der Waals surface area contributed by atoms with E-state index in [4.69, 9.17) is 10.5 Å². The number of benzene rings is 1. The number of ether oxygens (including phenoxy) is 1. The van der Waals surface area contributed by atoms with Crippen LogP contribution in [0.15, 0.2) is 35.1 Å². The summed E-state index contributed by atoms with van der Waals surface area (Å²) in [7, 11) is 1.62. The van der Waals surface area contributed by atoms with Crippen molar-refractivity contribution in [2.24, 2.45) is 0 Å². The fourth-order valence-electron chi connectivity index (χ4n) is 1.34. The molecule has 0 saturated heterocycles. The van der Waals surface area contributed by atoms with E-state index in [0.29, 0.717) is 11.6 Å². The third-order valence-corrected chi connectivity index (χ3v) is 2.49. The summed E-state index contributed by atoms with van der Waals surface area (Å²) in [6, 6.07) is 5.64. The molecule has 1 aromatic heterocycles. The zero-order chi connectivity index (χ0) is 12.3. The first kappa shape index (κ1) is 11.7. The largest absolute Gasteiger partial charge is 0.497 e. The number of hydrogen-bond acceptors (Lipinski definition) is 5. The number of nitrogens with one attached hydrogen (secondary N) is 1. The maximum Gasteiger partial charge on any atom is 0.151 e. The van der Waals surface area contributed by atoms with Crippen molar-refractivity contribution in [2.75, 3.05) is 18.2 Å². The van der Waals surface area contributed by atoms with E-state index < -0.39 is 0 Å². The summed E-state index contributed by atoms with van der Waals surface area (Å²) in [6.45, 7) is 0. The molecule has 0 aliphatic rings. The predicted octanol–water partition coefficient (Wildman–Crippen LogP) is 2.57. The number of methoxy groups -OCH3 is 1. The van der Waals surface area contributed by atoms with Gasteiger partial charge < -0.3 is 15.8 Å². The number of nitrogen functional groups attached to an aromatic ring is 1. The van der Waals surface area contributed by atoms with Crippen LogP contribution in [0, 0.1) is 0 Å². The smallest absolute Gasteiger partial charge is 0.151 e. The summed E-state index contributed by atoms with van der Waals surface area (Å²) in [5.74, 6) is 1.71. The van der Waals surface area contributed by atoms with E-state index in [1.807, 2.05) is 18.2 Å². The lowest BCUT2D eigenvalue weighted by Gasteiger charge is -2.08. The van der Waals surface area contributed by atoms with E-state index in [2.05, 4.69) is 31.2 Å². The Bertz CT molecular complexity index is 533. The Morgan fingerprint density at radius 1 is 1.29 bits per heavy atom. The first-order valence-corrected chi connectivity index (χ1v) is 5.66. The molecule has 0 aliphatic carbocycles. The van der Waals surface area contributed by atoms with Gasteiger partial charge in [0.25, 0.3) is 0 Å². The molecule has 0 spiro atoms. The minimum absolute atomic E-state index is 0.372. The monoisotopic (exact) mass is 294 g/mol. The molecule has 2 rings (SSSR count). The van der Waals surface area contributed by atoms with Crippen LogP contribution in [0.2, 0.25) is 0 Å². The van der Waals surface area contributed by atoms with Gasteiger partial charge in [0.1, 0.15) is 11.6 Å². The highest BCUT2D eigenvalue weighted by molar-refractivity contribution is 9.10. The van der Waals surface area contributed by atoms with E-state index in [-0.39, 0.29) is 0 Å². The standard InChI is InChI=1S/C11H11BrN4O/c1-17-9-3-7(12)2-8(4-9)15-11-6-14-5-10(13)16-11/h2-6H,1H3,(H3,13,15,16). The lowest BCUT2D eigenvalue weighted by Crippen LogP contribution is -1.98. The van der Waals surface area contributed by atoms with E-state index in [9.17, 15) is 0 Å². The molecule has 2 aromatic rings. The van der Waals surface area contributed by atoms with Crippen molar-refractivity contribution in [3.8, 4) is 5.75 Å². The van der Waals surface area contributed by atoms with Gasteiger partial charge in [0.05, 0.1) is 19.5 Å². The van der Waals surface area contributed by atoms with Gasteiger partial charge in [0.2, 0.25) is 0 Å². The van der Waals surface area contributed by atoms with Crippen LogP contribution in [0.25, 0.3) is 0 Å². The van der Waals surface area contributed by atoms with E-state index in [1.54, 1.807) is 13.3 Å². The Morgan fingerprint density at radius 3 is 2.82 bits per heavy atom. The summed E-state index contributed by atoms with van der Waals surface area (Å²) < 4.78 is 6.08. The van der Waals surface area contributed by atoms with Gasteiger partial charge in [-0.25, -0.2) is 4.98 Å². The molecule has 0 amide bonds. The van der Waals surface area contributed by atoms with Crippen LogP contribution in [0.1, 0.15) is 0 Å². The normalized spacial score (nSPS) is 10.0. The number of rotatable bonds is 3. The number of nitrogens with zero attached hydrogens (tertiary/aromatic N) is 2. The molecule has 0 radical (unpaired) electrons. The highest BCUT2D eigenvalue weighted by Gasteiger charge is 2.01. The maximum atomic E-state index is 5.55. The minimum atomic E-state index is 0.372. The van der Waals surface area contributed by atoms with Gasteiger partial charge in [-0.1, -0.05) is 15.9 Å². The molecule has 0 fully saturated rings. The molecule has 0 unspecified atom stereocenters. The second-order valence-electron chi connectivity index (χ2n) is 3.33. The summed E-state index contributed by atoms with van der Waals surface area (Å²) in [6.07, 6.45) is 3.09. The van der Waals surface area contributed by atoms with Crippen molar-refractivity contribution in [2.45, 2.75) is 0 Å². The Labute approximate surface area is 107 Å². The second-order valence-corrected chi connectivity index (χ2v) is 4.25. The topological polar surface area (TPSA) is 73.1 Å². The molecule has 0 saturated carbocycles. The van der Waals surface area contributed by atoms with Crippen molar-refractivity contribution in [1.29, 1.82) is 0 Å². The zero-order valence-electron chi connectivity index (χ0n) is 9.14. The number of anilines is 3. The molecule has 0 aliphatic heterocycles. The highest BCUT2D eigenvalue weighted by Crippen LogP contribution is 2.26. The van der Waals surface area contributed by atoms with Crippen LogP contribution in [-0.4, -0.2) is 17.1 Å². The Balaban J connectivity index is 2.26. The lowest BCUT2D eigenvalue weighted by atomic mass is 10.3. The second kappa shape index (κ2) is 5.01. The van der Waals surface area contributed by atoms with Crippen molar-refractivity contribution in [3.63, 3.8) is 0 Å². The summed E-state index contributed by atoms with van der Waals surface area (Å²) in [5.41, 5.74) is 6.39. The van der Waals surface area contributed by atoms with Gasteiger partial charge in [0.15, 0.2) is 5.82 Å². The van der Waals surface area contributed by atoms with Gasteiger partial charge >= 0.3 is 0 Å². The molecule has 6 heteroatoms. The Morgan fingerprint density at radius 2 is 2.12 bits per heavy atom. The number of aromatic nitrogens is 2. The van der Waals surface area contributed by atoms with Crippen LogP contribution in [0.3, 0.4) is 0 Å². The molecule has 0 bridgehead atoms. The van der Waals surface area contributed by atoms with E-state index >= 15 is 0 Å². The number of halogens is 1. The Kier molecular flexibility index (Phi) is 3.43. The molecule has 17 heavy (non-hydrogen) atoms. The van der Waals surface area contributed by atoms with Crippen LogP contribution in [0.4, 0.5) is 17.3 Å². The molecule has 1 aromatic carbocycles. The van der Waals surface area contributed by atoms with Gasteiger partial charge in [0, 0.05) is 16.2 Å². The Hall–Kier alpha value is -1.82. The molecular weight excluding hydrogens is 284 g/mol. The first-order valence-electron chi connectivity index (χ1n) is 4.86. The average molecular weight is 295 g/mol. The summed E-state index contributed by atoms with van der Waals surface area (Å²) >= 11 is 3.40. The van der Waals surface area contributed by atoms with Crippen LogP contribution >= 0.6 is 15.9 Å². The first-order chi connectivity index (χ1) is 8.17. The highest BCUT2D eigenvalue weighted by atomic mass is 79.9. The van der Waals surface area contributed by atoms with Gasteiger partial charge in [-0.2, -0.15) is 0 Å². The zero-order valence-corrected chi connectivity index (χ0v) is 10.7. The number of hydrogen-bond donors (Lipinski definition) is 2. The SMILES string of the molecule is COc1cc(Br)cc(Nc2cncc(N)n2)c1. The molecule has 3 N–H and O–H groups in total. The van der Waals surface area contributed by atoms with Gasteiger partial charge in [-0.15, -0.1) is 0 Å². The lowest BCUT2D eigenvalue weighted by molar-refractivity contribution is 0.415. The van der Waals surface area contributed by atoms with Crippen molar-refractivity contribution in [3.05, 3.63) is 35.1 Å². The summed E-state index contributed by atoms with van der Waals surface area (Å²) in [5, 5.41) is 3.10. The minimum Gasteiger partial charge on any atom is -0.497 e. The molecular formula is C11H11BrN4O. The van der Waals surface area contributed by atoms with E-state index in [1.165, 1.54) is 6.20 Å². The fourth-order valence-corrected chi connectivity index (χ4v) is 1.81. The number of nitrogens with two attached hydrogens (primary N) is 1. The van der Waals surface area contributed by atoms with E-state index in [0.717, 1.165) is 15.9 Å². The van der Waals surface area contributed by atoms with Gasteiger partial charge in [-0.3, -0.25) is 4.98 Å². The maximum absolute atomic E-state index is 5.55. The quantitative estimate of drug-likeness (QED) is 0.910. The molecule has 5 nitrogen and oxygen atoms in total. The molecule has 88 valence electrons. The molecule has 1 heterocycles.